The predicted molar refractivity (Wildman–Crippen MR) is 130 cm³/mol. The first-order valence-corrected chi connectivity index (χ1v) is 10.6. The summed E-state index contributed by atoms with van der Waals surface area (Å²) in [5.41, 5.74) is 9.43. The molecule has 0 bridgehead atoms. The van der Waals surface area contributed by atoms with Crippen LogP contribution < -0.4 is 16.6 Å². The van der Waals surface area contributed by atoms with Gasteiger partial charge in [-0.15, -0.1) is 0 Å². The Balaban J connectivity index is 1.42. The second-order valence-electron chi connectivity index (χ2n) is 7.69. The van der Waals surface area contributed by atoms with Gasteiger partial charge in [-0.2, -0.15) is 0 Å². The second kappa shape index (κ2) is 9.02. The summed E-state index contributed by atoms with van der Waals surface area (Å²) in [6.45, 7) is 0.250. The molecular weight excluding hydrogens is 446 g/mol. The zero-order valence-corrected chi connectivity index (χ0v) is 18.3. The molecule has 1 aromatic carbocycles. The van der Waals surface area contributed by atoms with Crippen LogP contribution in [0.3, 0.4) is 0 Å². The molecule has 0 unspecified atom stereocenters. The average Bonchev–Trinajstić information content (AvgIpc) is 3.27. The number of rotatable bonds is 6. The van der Waals surface area contributed by atoms with Gasteiger partial charge < -0.3 is 16.0 Å². The number of carbonyl (C=O) groups excluding carboxylic acids is 2. The molecule has 0 aliphatic carbocycles. The van der Waals surface area contributed by atoms with Crippen molar-refractivity contribution < 1.29 is 9.59 Å². The third-order valence-corrected chi connectivity index (χ3v) is 5.46. The van der Waals surface area contributed by atoms with E-state index < -0.39 is 11.5 Å². The number of anilines is 1. The maximum absolute atomic E-state index is 12.4. The molecule has 4 N–H and O–H groups in total. The Bertz CT molecular complexity index is 1620. The molecule has 0 aliphatic heterocycles. The van der Waals surface area contributed by atoms with Gasteiger partial charge in [0.15, 0.2) is 17.8 Å². The molecule has 0 fully saturated rings. The minimum absolute atomic E-state index is 0.103. The van der Waals surface area contributed by atoms with Gasteiger partial charge in [-0.1, -0.05) is 12.1 Å². The second-order valence-corrected chi connectivity index (χ2v) is 7.69. The molecule has 0 aliphatic rings. The number of imidazole rings is 1. The fourth-order valence-corrected chi connectivity index (χ4v) is 3.71. The standard InChI is InChI=1S/C25H19N7O3/c26-21-19(3-1-9-27-21)22-31-20-4-2-10-28-23(20)32(22)18-7-5-15(6-8-18)12-29-24(34)16-11-17(14-33)25(35)30-13-16/h1-11,13-14H,12H2,(H2,26,27)(H,29,34)(H,30,35). The van der Waals surface area contributed by atoms with Crippen LogP contribution in [0.25, 0.3) is 28.2 Å². The normalized spacial score (nSPS) is 10.9. The summed E-state index contributed by atoms with van der Waals surface area (Å²) >= 11 is 0. The summed E-state index contributed by atoms with van der Waals surface area (Å²) in [4.78, 5) is 50.7. The molecule has 10 heteroatoms. The van der Waals surface area contributed by atoms with Crippen molar-refractivity contribution in [3.05, 3.63) is 100 Å². The van der Waals surface area contributed by atoms with E-state index in [9.17, 15) is 14.4 Å². The SMILES string of the molecule is Nc1ncccc1-c1nc2cccnc2n1-c1ccc(CNC(=O)c2c[nH]c(=O)c(C=O)c2)cc1. The number of hydrogen-bond acceptors (Lipinski definition) is 7. The van der Waals surface area contributed by atoms with Crippen LogP contribution in [-0.4, -0.2) is 36.7 Å². The summed E-state index contributed by atoms with van der Waals surface area (Å²) < 4.78 is 1.91. The van der Waals surface area contributed by atoms with Crippen LogP contribution in [0.5, 0.6) is 0 Å². The third-order valence-electron chi connectivity index (χ3n) is 5.46. The van der Waals surface area contributed by atoms with E-state index in [0.717, 1.165) is 16.8 Å². The van der Waals surface area contributed by atoms with Gasteiger partial charge >= 0.3 is 0 Å². The first kappa shape index (κ1) is 21.7. The summed E-state index contributed by atoms with van der Waals surface area (Å²) in [6.07, 6.45) is 5.01. The molecule has 5 aromatic rings. The Morgan fingerprint density at radius 3 is 2.63 bits per heavy atom. The number of carbonyl (C=O) groups is 2. The van der Waals surface area contributed by atoms with Gasteiger partial charge in [-0.25, -0.2) is 15.0 Å². The highest BCUT2D eigenvalue weighted by Gasteiger charge is 2.17. The highest BCUT2D eigenvalue weighted by molar-refractivity contribution is 5.95. The molecule has 0 saturated carbocycles. The van der Waals surface area contributed by atoms with E-state index in [-0.39, 0.29) is 17.7 Å². The smallest absolute Gasteiger partial charge is 0.258 e. The number of nitrogens with zero attached hydrogens (tertiary/aromatic N) is 4. The van der Waals surface area contributed by atoms with Crippen LogP contribution in [-0.2, 0) is 6.54 Å². The number of nitrogens with two attached hydrogens (primary N) is 1. The van der Waals surface area contributed by atoms with Crippen LogP contribution in [0.15, 0.2) is 78.0 Å². The van der Waals surface area contributed by atoms with Crippen LogP contribution >= 0.6 is 0 Å². The minimum atomic E-state index is -0.541. The van der Waals surface area contributed by atoms with E-state index in [1.807, 2.05) is 47.0 Å². The van der Waals surface area contributed by atoms with E-state index in [0.29, 0.717) is 29.1 Å². The molecule has 0 atom stereocenters. The molecule has 172 valence electrons. The van der Waals surface area contributed by atoms with E-state index in [1.54, 1.807) is 18.5 Å². The number of aromatic amines is 1. The van der Waals surface area contributed by atoms with E-state index >= 15 is 0 Å². The molecule has 0 saturated heterocycles. The van der Waals surface area contributed by atoms with E-state index in [4.69, 9.17) is 10.7 Å². The largest absolute Gasteiger partial charge is 0.383 e. The van der Waals surface area contributed by atoms with Gasteiger partial charge in [0.25, 0.3) is 11.5 Å². The third kappa shape index (κ3) is 4.15. The number of nitrogens with one attached hydrogen (secondary N) is 2. The number of pyridine rings is 3. The van der Waals surface area contributed by atoms with Gasteiger partial charge in [0.1, 0.15) is 11.3 Å². The highest BCUT2D eigenvalue weighted by atomic mass is 16.2. The van der Waals surface area contributed by atoms with Crippen LogP contribution in [0.1, 0.15) is 26.3 Å². The quantitative estimate of drug-likeness (QED) is 0.326. The molecule has 4 heterocycles. The van der Waals surface area contributed by atoms with Crippen molar-refractivity contribution in [1.29, 1.82) is 0 Å². The lowest BCUT2D eigenvalue weighted by atomic mass is 10.1. The monoisotopic (exact) mass is 465 g/mol. The Kier molecular flexibility index (Phi) is 5.60. The lowest BCUT2D eigenvalue weighted by Crippen LogP contribution is -2.24. The van der Waals surface area contributed by atoms with Crippen molar-refractivity contribution in [2.45, 2.75) is 6.54 Å². The summed E-state index contributed by atoms with van der Waals surface area (Å²) in [7, 11) is 0. The first-order valence-electron chi connectivity index (χ1n) is 10.6. The van der Waals surface area contributed by atoms with Crippen molar-refractivity contribution in [1.82, 2.24) is 29.8 Å². The van der Waals surface area contributed by atoms with Crippen LogP contribution in [0.4, 0.5) is 5.82 Å². The van der Waals surface area contributed by atoms with Crippen molar-refractivity contribution in [3.8, 4) is 17.1 Å². The molecule has 35 heavy (non-hydrogen) atoms. The molecule has 4 aromatic heterocycles. The van der Waals surface area contributed by atoms with Gasteiger partial charge in [0.2, 0.25) is 0 Å². The molecule has 5 rings (SSSR count). The molecular formula is C25H19N7O3. The zero-order chi connectivity index (χ0) is 24.4. The number of H-pyrrole nitrogens is 1. The lowest BCUT2D eigenvalue weighted by Gasteiger charge is -2.11. The van der Waals surface area contributed by atoms with Gasteiger partial charge in [-0.05, 0) is 48.0 Å². The minimum Gasteiger partial charge on any atom is -0.383 e. The lowest BCUT2D eigenvalue weighted by molar-refractivity contribution is 0.0950. The number of fused-ring (bicyclic) bond motifs is 1. The Morgan fingerprint density at radius 2 is 1.86 bits per heavy atom. The maximum atomic E-state index is 12.4. The maximum Gasteiger partial charge on any atom is 0.258 e. The van der Waals surface area contributed by atoms with Crippen LogP contribution in [0, 0.1) is 0 Å². The molecule has 0 spiro atoms. The van der Waals surface area contributed by atoms with Crippen molar-refractivity contribution in [2.75, 3.05) is 5.73 Å². The number of benzene rings is 1. The molecule has 0 radical (unpaired) electrons. The van der Waals surface area contributed by atoms with Gasteiger partial charge in [0.05, 0.1) is 16.7 Å². The first-order chi connectivity index (χ1) is 17.0. The Labute approximate surface area is 198 Å². The van der Waals surface area contributed by atoms with Crippen molar-refractivity contribution >= 4 is 29.2 Å². The molecule has 10 nitrogen and oxygen atoms in total. The topological polar surface area (TPSA) is 149 Å². The van der Waals surface area contributed by atoms with Crippen molar-refractivity contribution in [2.24, 2.45) is 0 Å². The predicted octanol–water partition coefficient (Wildman–Crippen LogP) is 2.50. The zero-order valence-electron chi connectivity index (χ0n) is 18.3. The van der Waals surface area contributed by atoms with Gasteiger partial charge in [0, 0.05) is 30.8 Å². The Hall–Kier alpha value is -5.12. The molecule has 1 amide bonds. The summed E-state index contributed by atoms with van der Waals surface area (Å²) in [5.74, 6) is 0.574. The fraction of sp³-hybridized carbons (Fsp3) is 0.0400. The van der Waals surface area contributed by atoms with Crippen LogP contribution in [0.2, 0.25) is 0 Å². The summed E-state index contributed by atoms with van der Waals surface area (Å²) in [6, 6.07) is 16.2. The number of aromatic nitrogens is 5. The fourth-order valence-electron chi connectivity index (χ4n) is 3.71. The number of nitrogen functional groups attached to an aromatic ring is 1. The van der Waals surface area contributed by atoms with Crippen molar-refractivity contribution in [3.63, 3.8) is 0 Å². The van der Waals surface area contributed by atoms with E-state index in [1.165, 1.54) is 12.3 Å². The number of amides is 1. The highest BCUT2D eigenvalue weighted by Crippen LogP contribution is 2.30. The van der Waals surface area contributed by atoms with Gasteiger partial charge in [-0.3, -0.25) is 19.0 Å². The number of hydrogen-bond donors (Lipinski definition) is 3. The van der Waals surface area contributed by atoms with E-state index in [2.05, 4.69) is 20.3 Å². The summed E-state index contributed by atoms with van der Waals surface area (Å²) in [5, 5.41) is 2.78. The Morgan fingerprint density at radius 1 is 1.09 bits per heavy atom. The average molecular weight is 465 g/mol. The number of aldehydes is 1.